The first-order valence-electron chi connectivity index (χ1n) is 5.98. The lowest BCUT2D eigenvalue weighted by Gasteiger charge is -2.26. The first-order chi connectivity index (χ1) is 8.22. The summed E-state index contributed by atoms with van der Waals surface area (Å²) in [5, 5.41) is 0. The van der Waals surface area contributed by atoms with E-state index in [0.29, 0.717) is 11.9 Å². The van der Waals surface area contributed by atoms with E-state index < -0.39 is 0 Å². The minimum atomic E-state index is 0.0939. The number of imidazole rings is 1. The molecule has 2 aromatic rings. The molecule has 1 heterocycles. The molecule has 0 unspecified atom stereocenters. The Morgan fingerprint density at radius 3 is 2.71 bits per heavy atom. The maximum atomic E-state index is 12.2. The van der Waals surface area contributed by atoms with Crippen LogP contribution >= 0.6 is 11.6 Å². The van der Waals surface area contributed by atoms with Crippen molar-refractivity contribution in [2.24, 2.45) is 7.05 Å². The van der Waals surface area contributed by atoms with Crippen LogP contribution in [0.15, 0.2) is 23.0 Å². The molecule has 1 aliphatic rings. The van der Waals surface area contributed by atoms with E-state index in [4.69, 9.17) is 11.6 Å². The van der Waals surface area contributed by atoms with Crippen molar-refractivity contribution >= 4 is 22.6 Å². The maximum absolute atomic E-state index is 12.2. The first kappa shape index (κ1) is 10.9. The average Bonchev–Trinajstić information content (AvgIpc) is 2.52. The molecule has 90 valence electrons. The number of benzene rings is 1. The molecule has 1 aliphatic carbocycles. The van der Waals surface area contributed by atoms with Crippen LogP contribution in [0.4, 0.5) is 0 Å². The number of hydrogen-bond donors (Lipinski definition) is 0. The van der Waals surface area contributed by atoms with Gasteiger partial charge >= 0.3 is 5.69 Å². The predicted octanol–water partition coefficient (Wildman–Crippen LogP) is 2.80. The van der Waals surface area contributed by atoms with Crippen molar-refractivity contribution in [3.8, 4) is 0 Å². The van der Waals surface area contributed by atoms with Crippen molar-refractivity contribution in [1.82, 2.24) is 9.13 Å². The number of aromatic nitrogens is 2. The lowest BCUT2D eigenvalue weighted by atomic mass is 9.93. The van der Waals surface area contributed by atoms with Gasteiger partial charge in [0.25, 0.3) is 0 Å². The third-order valence-electron chi connectivity index (χ3n) is 3.75. The van der Waals surface area contributed by atoms with Gasteiger partial charge in [0.2, 0.25) is 0 Å². The second-order valence-corrected chi connectivity index (χ2v) is 5.02. The van der Waals surface area contributed by atoms with Crippen LogP contribution in [0.2, 0.25) is 0 Å². The molecule has 4 heteroatoms. The summed E-state index contributed by atoms with van der Waals surface area (Å²) in [7, 11) is 1.83. The summed E-state index contributed by atoms with van der Waals surface area (Å²) in [5.74, 6) is 0.485. The highest BCUT2D eigenvalue weighted by Crippen LogP contribution is 2.33. The molecule has 0 N–H and O–H groups in total. The number of aryl methyl sites for hydroxylation is 1. The Balaban J connectivity index is 2.28. The first-order valence-corrected chi connectivity index (χ1v) is 6.51. The zero-order valence-corrected chi connectivity index (χ0v) is 10.6. The number of halogens is 1. The number of hydrogen-bond acceptors (Lipinski definition) is 1. The van der Waals surface area contributed by atoms with E-state index in [2.05, 4.69) is 0 Å². The Labute approximate surface area is 105 Å². The van der Waals surface area contributed by atoms with Gasteiger partial charge in [-0.25, -0.2) is 4.79 Å². The van der Waals surface area contributed by atoms with Crippen LogP contribution in [0, 0.1) is 0 Å². The molecule has 1 aromatic carbocycles. The van der Waals surface area contributed by atoms with Crippen LogP contribution in [0.1, 0.15) is 30.9 Å². The molecule has 1 fully saturated rings. The normalized spacial score (nSPS) is 16.4. The van der Waals surface area contributed by atoms with Gasteiger partial charge in [-0.15, -0.1) is 11.6 Å². The van der Waals surface area contributed by atoms with E-state index in [1.807, 2.05) is 29.8 Å². The summed E-state index contributed by atoms with van der Waals surface area (Å²) in [4.78, 5) is 12.2. The molecule has 1 aromatic heterocycles. The molecule has 0 saturated heterocycles. The molecule has 3 nitrogen and oxygen atoms in total. The smallest absolute Gasteiger partial charge is 0.295 e. The number of nitrogens with zero attached hydrogens (tertiary/aromatic N) is 2. The second kappa shape index (κ2) is 3.91. The van der Waals surface area contributed by atoms with E-state index in [9.17, 15) is 4.79 Å². The van der Waals surface area contributed by atoms with Gasteiger partial charge in [-0.3, -0.25) is 9.13 Å². The SMILES string of the molecule is Cn1c(=O)n(C2CCC2)c2ccc(CCl)cc21. The summed E-state index contributed by atoms with van der Waals surface area (Å²) >= 11 is 5.83. The molecule has 0 spiro atoms. The average molecular weight is 251 g/mol. The topological polar surface area (TPSA) is 26.9 Å². The molecule has 0 atom stereocenters. The molecular formula is C13H15ClN2O. The van der Waals surface area contributed by atoms with E-state index in [0.717, 1.165) is 29.4 Å². The fourth-order valence-electron chi connectivity index (χ4n) is 2.49. The summed E-state index contributed by atoms with van der Waals surface area (Å²) in [6.07, 6.45) is 3.47. The fraction of sp³-hybridized carbons (Fsp3) is 0.462. The van der Waals surface area contributed by atoms with Crippen molar-refractivity contribution in [2.75, 3.05) is 0 Å². The Kier molecular flexibility index (Phi) is 2.51. The summed E-state index contributed by atoms with van der Waals surface area (Å²) < 4.78 is 3.67. The van der Waals surface area contributed by atoms with Crippen LogP contribution < -0.4 is 5.69 Å². The second-order valence-electron chi connectivity index (χ2n) is 4.75. The van der Waals surface area contributed by atoms with Crippen molar-refractivity contribution in [2.45, 2.75) is 31.2 Å². The summed E-state index contributed by atoms with van der Waals surface area (Å²) in [6.45, 7) is 0. The summed E-state index contributed by atoms with van der Waals surface area (Å²) in [5.41, 5.74) is 3.17. The molecule has 0 aliphatic heterocycles. The van der Waals surface area contributed by atoms with Crippen molar-refractivity contribution < 1.29 is 0 Å². The highest BCUT2D eigenvalue weighted by molar-refractivity contribution is 6.17. The monoisotopic (exact) mass is 250 g/mol. The van der Waals surface area contributed by atoms with Gasteiger partial charge in [-0.05, 0) is 37.0 Å². The van der Waals surface area contributed by atoms with Gasteiger partial charge in [-0.2, -0.15) is 0 Å². The molecule has 3 rings (SSSR count). The lowest BCUT2D eigenvalue weighted by molar-refractivity contribution is 0.312. The molecular weight excluding hydrogens is 236 g/mol. The molecule has 0 bridgehead atoms. The third kappa shape index (κ3) is 1.53. The van der Waals surface area contributed by atoms with Crippen molar-refractivity contribution in [3.63, 3.8) is 0 Å². The van der Waals surface area contributed by atoms with Crippen LogP contribution in [-0.4, -0.2) is 9.13 Å². The zero-order valence-electron chi connectivity index (χ0n) is 9.82. The Morgan fingerprint density at radius 1 is 1.35 bits per heavy atom. The molecule has 0 radical (unpaired) electrons. The largest absolute Gasteiger partial charge is 0.329 e. The van der Waals surface area contributed by atoms with E-state index in [1.165, 1.54) is 6.42 Å². The van der Waals surface area contributed by atoms with E-state index in [1.54, 1.807) is 4.57 Å². The molecule has 1 saturated carbocycles. The van der Waals surface area contributed by atoms with Crippen LogP contribution in [-0.2, 0) is 12.9 Å². The minimum Gasteiger partial charge on any atom is -0.295 e. The quantitative estimate of drug-likeness (QED) is 0.753. The van der Waals surface area contributed by atoms with Crippen LogP contribution in [0.25, 0.3) is 11.0 Å². The van der Waals surface area contributed by atoms with Gasteiger partial charge < -0.3 is 0 Å². The lowest BCUT2D eigenvalue weighted by Crippen LogP contribution is -2.29. The highest BCUT2D eigenvalue weighted by atomic mass is 35.5. The molecule has 17 heavy (non-hydrogen) atoms. The van der Waals surface area contributed by atoms with Crippen molar-refractivity contribution in [1.29, 1.82) is 0 Å². The standard InChI is InChI=1S/C13H15ClN2O/c1-15-12-7-9(8-14)5-6-11(12)16(13(15)17)10-3-2-4-10/h5-7,10H,2-4,8H2,1H3. The number of rotatable bonds is 2. The Bertz CT molecular complexity index is 622. The maximum Gasteiger partial charge on any atom is 0.329 e. The Morgan fingerprint density at radius 2 is 2.12 bits per heavy atom. The third-order valence-corrected chi connectivity index (χ3v) is 4.06. The van der Waals surface area contributed by atoms with Crippen LogP contribution in [0.5, 0.6) is 0 Å². The van der Waals surface area contributed by atoms with Gasteiger partial charge in [0.05, 0.1) is 11.0 Å². The van der Waals surface area contributed by atoms with E-state index in [-0.39, 0.29) is 5.69 Å². The number of alkyl halides is 1. The predicted molar refractivity (Wildman–Crippen MR) is 69.6 cm³/mol. The molecule has 0 amide bonds. The zero-order chi connectivity index (χ0) is 12.0. The van der Waals surface area contributed by atoms with E-state index >= 15 is 0 Å². The van der Waals surface area contributed by atoms with Gasteiger partial charge in [0.15, 0.2) is 0 Å². The number of fused-ring (bicyclic) bond motifs is 1. The van der Waals surface area contributed by atoms with Gasteiger partial charge in [-0.1, -0.05) is 6.07 Å². The Hall–Kier alpha value is -1.22. The van der Waals surface area contributed by atoms with Gasteiger partial charge in [0, 0.05) is 19.0 Å². The van der Waals surface area contributed by atoms with Crippen molar-refractivity contribution in [3.05, 3.63) is 34.2 Å². The minimum absolute atomic E-state index is 0.0939. The van der Waals surface area contributed by atoms with Gasteiger partial charge in [0.1, 0.15) is 0 Å². The highest BCUT2D eigenvalue weighted by Gasteiger charge is 2.24. The fourth-order valence-corrected chi connectivity index (χ4v) is 2.66. The van der Waals surface area contributed by atoms with Crippen LogP contribution in [0.3, 0.4) is 0 Å². The summed E-state index contributed by atoms with van der Waals surface area (Å²) in [6, 6.07) is 6.43.